The third kappa shape index (κ3) is 3.28. The zero-order valence-corrected chi connectivity index (χ0v) is 13.3. The first-order valence-electron chi connectivity index (χ1n) is 6.25. The fourth-order valence-corrected chi connectivity index (χ4v) is 3.02. The molecule has 1 aliphatic heterocycles. The Bertz CT molecular complexity index is 716. The van der Waals surface area contributed by atoms with Crippen LogP contribution in [0.2, 0.25) is 0 Å². The van der Waals surface area contributed by atoms with Crippen LogP contribution in [0.1, 0.15) is 10.4 Å². The van der Waals surface area contributed by atoms with Gasteiger partial charge in [0.15, 0.2) is 0 Å². The molecule has 4 nitrogen and oxygen atoms in total. The Kier molecular flexibility index (Phi) is 3.98. The summed E-state index contributed by atoms with van der Waals surface area (Å²) in [6, 6.07) is 12.6. The third-order valence-corrected chi connectivity index (χ3v) is 4.58. The summed E-state index contributed by atoms with van der Waals surface area (Å²) in [4.78, 5) is 24.5. The number of carbonyl (C=O) groups excluding carboxylic acids is 2. The molecular formula is C15H11BrN2O2S. The van der Waals surface area contributed by atoms with Gasteiger partial charge in [0.25, 0.3) is 5.91 Å². The van der Waals surface area contributed by atoms with Crippen LogP contribution in [0.3, 0.4) is 0 Å². The standard InChI is InChI=1S/C15H11BrN2O2S/c16-10-3-1-9(2-4-10)15(20)17-11-5-6-13-12(7-11)18-14(19)8-21-13/h1-7H,8H2,(H,17,20)(H,18,19). The second-order valence-electron chi connectivity index (χ2n) is 4.51. The van der Waals surface area contributed by atoms with Crippen LogP contribution in [-0.2, 0) is 4.79 Å². The lowest BCUT2D eigenvalue weighted by molar-refractivity contribution is -0.113. The van der Waals surface area contributed by atoms with Gasteiger partial charge in [-0.15, -0.1) is 11.8 Å². The Morgan fingerprint density at radius 3 is 2.71 bits per heavy atom. The highest BCUT2D eigenvalue weighted by molar-refractivity contribution is 9.10. The van der Waals surface area contributed by atoms with Crippen molar-refractivity contribution in [1.82, 2.24) is 0 Å². The fourth-order valence-electron chi connectivity index (χ4n) is 1.97. The molecule has 1 heterocycles. The Morgan fingerprint density at radius 1 is 1.19 bits per heavy atom. The number of thioether (sulfide) groups is 1. The number of nitrogens with one attached hydrogen (secondary N) is 2. The van der Waals surface area contributed by atoms with E-state index in [2.05, 4.69) is 26.6 Å². The molecule has 2 N–H and O–H groups in total. The first-order valence-corrected chi connectivity index (χ1v) is 8.03. The maximum Gasteiger partial charge on any atom is 0.255 e. The minimum Gasteiger partial charge on any atom is -0.324 e. The molecule has 0 spiro atoms. The highest BCUT2D eigenvalue weighted by Gasteiger charge is 2.16. The number of fused-ring (bicyclic) bond motifs is 1. The van der Waals surface area contributed by atoms with E-state index >= 15 is 0 Å². The molecule has 21 heavy (non-hydrogen) atoms. The van der Waals surface area contributed by atoms with Gasteiger partial charge in [-0.1, -0.05) is 15.9 Å². The van der Waals surface area contributed by atoms with Gasteiger partial charge in [0, 0.05) is 20.6 Å². The monoisotopic (exact) mass is 362 g/mol. The Labute approximate surface area is 134 Å². The normalized spacial score (nSPS) is 13.3. The van der Waals surface area contributed by atoms with Gasteiger partial charge in [0.05, 0.1) is 11.4 Å². The van der Waals surface area contributed by atoms with Crippen LogP contribution >= 0.6 is 27.7 Å². The quantitative estimate of drug-likeness (QED) is 0.855. The van der Waals surface area contributed by atoms with Crippen molar-refractivity contribution in [2.45, 2.75) is 4.90 Å². The number of hydrogen-bond donors (Lipinski definition) is 2. The van der Waals surface area contributed by atoms with Gasteiger partial charge >= 0.3 is 0 Å². The van der Waals surface area contributed by atoms with Crippen molar-refractivity contribution in [3.8, 4) is 0 Å². The van der Waals surface area contributed by atoms with Crippen LogP contribution in [0.4, 0.5) is 11.4 Å². The zero-order chi connectivity index (χ0) is 14.8. The van der Waals surface area contributed by atoms with E-state index in [0.717, 1.165) is 15.1 Å². The summed E-state index contributed by atoms with van der Waals surface area (Å²) in [6.07, 6.45) is 0. The number of carbonyl (C=O) groups is 2. The van der Waals surface area contributed by atoms with Crippen LogP contribution in [0.5, 0.6) is 0 Å². The number of halogens is 1. The number of rotatable bonds is 2. The van der Waals surface area contributed by atoms with E-state index in [0.29, 0.717) is 17.0 Å². The molecule has 3 rings (SSSR count). The summed E-state index contributed by atoms with van der Waals surface area (Å²) in [5.74, 6) is 0.221. The molecule has 0 atom stereocenters. The lowest BCUT2D eigenvalue weighted by atomic mass is 10.2. The Balaban J connectivity index is 1.79. The molecule has 0 unspecified atom stereocenters. The zero-order valence-electron chi connectivity index (χ0n) is 10.9. The summed E-state index contributed by atoms with van der Waals surface area (Å²) in [5.41, 5.74) is 1.98. The predicted molar refractivity (Wildman–Crippen MR) is 87.9 cm³/mol. The van der Waals surface area contributed by atoms with E-state index in [-0.39, 0.29) is 11.8 Å². The molecule has 0 saturated heterocycles. The molecule has 0 fully saturated rings. The maximum absolute atomic E-state index is 12.1. The molecule has 0 radical (unpaired) electrons. The Morgan fingerprint density at radius 2 is 1.95 bits per heavy atom. The third-order valence-electron chi connectivity index (χ3n) is 2.98. The summed E-state index contributed by atoms with van der Waals surface area (Å²) in [5, 5.41) is 5.63. The Hall–Kier alpha value is -1.79. The highest BCUT2D eigenvalue weighted by atomic mass is 79.9. The fraction of sp³-hybridized carbons (Fsp3) is 0.0667. The van der Waals surface area contributed by atoms with Crippen molar-refractivity contribution in [1.29, 1.82) is 0 Å². The largest absolute Gasteiger partial charge is 0.324 e. The average Bonchev–Trinajstić information content (AvgIpc) is 2.47. The minimum atomic E-state index is -0.183. The van der Waals surface area contributed by atoms with Crippen molar-refractivity contribution in [3.63, 3.8) is 0 Å². The summed E-state index contributed by atoms with van der Waals surface area (Å²) < 4.78 is 0.924. The highest BCUT2D eigenvalue weighted by Crippen LogP contribution is 2.33. The molecule has 0 bridgehead atoms. The van der Waals surface area contributed by atoms with Gasteiger partial charge in [0.1, 0.15) is 0 Å². The van der Waals surface area contributed by atoms with Crippen molar-refractivity contribution in [2.75, 3.05) is 16.4 Å². The van der Waals surface area contributed by atoms with Crippen molar-refractivity contribution in [2.24, 2.45) is 0 Å². The second-order valence-corrected chi connectivity index (χ2v) is 6.44. The average molecular weight is 363 g/mol. The van der Waals surface area contributed by atoms with Gasteiger partial charge in [0.2, 0.25) is 5.91 Å². The molecule has 2 amide bonds. The number of hydrogen-bond acceptors (Lipinski definition) is 3. The number of anilines is 2. The van der Waals surface area contributed by atoms with Crippen molar-refractivity contribution >= 4 is 50.9 Å². The predicted octanol–water partition coefficient (Wildman–Crippen LogP) is 3.75. The molecule has 106 valence electrons. The first-order chi connectivity index (χ1) is 10.1. The van der Waals surface area contributed by atoms with Crippen LogP contribution in [-0.4, -0.2) is 17.6 Å². The summed E-state index contributed by atoms with van der Waals surface area (Å²) >= 11 is 4.83. The van der Waals surface area contributed by atoms with Gasteiger partial charge < -0.3 is 10.6 Å². The molecule has 6 heteroatoms. The lowest BCUT2D eigenvalue weighted by Crippen LogP contribution is -2.19. The van der Waals surface area contributed by atoms with Gasteiger partial charge in [-0.25, -0.2) is 0 Å². The van der Waals surface area contributed by atoms with Gasteiger partial charge in [-0.2, -0.15) is 0 Å². The maximum atomic E-state index is 12.1. The summed E-state index contributed by atoms with van der Waals surface area (Å²) in [7, 11) is 0. The van der Waals surface area contributed by atoms with E-state index in [1.807, 2.05) is 24.3 Å². The molecule has 1 aliphatic rings. The smallest absolute Gasteiger partial charge is 0.255 e. The van der Waals surface area contributed by atoms with Crippen molar-refractivity contribution in [3.05, 3.63) is 52.5 Å². The number of amides is 2. The van der Waals surface area contributed by atoms with Crippen LogP contribution in [0, 0.1) is 0 Å². The van der Waals surface area contributed by atoms with E-state index in [1.165, 1.54) is 11.8 Å². The topological polar surface area (TPSA) is 58.2 Å². The van der Waals surface area contributed by atoms with Crippen molar-refractivity contribution < 1.29 is 9.59 Å². The molecule has 0 aromatic heterocycles. The van der Waals surface area contributed by atoms with Crippen LogP contribution < -0.4 is 10.6 Å². The first kappa shape index (κ1) is 14.2. The molecule has 2 aromatic carbocycles. The van der Waals surface area contributed by atoms with E-state index in [1.54, 1.807) is 18.2 Å². The molecule has 0 aliphatic carbocycles. The molecular weight excluding hydrogens is 352 g/mol. The minimum absolute atomic E-state index is 0.0242. The van der Waals surface area contributed by atoms with E-state index < -0.39 is 0 Å². The summed E-state index contributed by atoms with van der Waals surface area (Å²) in [6.45, 7) is 0. The lowest BCUT2D eigenvalue weighted by Gasteiger charge is -2.17. The van der Waals surface area contributed by atoms with Crippen LogP contribution in [0.15, 0.2) is 51.8 Å². The van der Waals surface area contributed by atoms with E-state index in [4.69, 9.17) is 0 Å². The number of benzene rings is 2. The van der Waals surface area contributed by atoms with Gasteiger partial charge in [-0.05, 0) is 42.5 Å². The second kappa shape index (κ2) is 5.91. The SMILES string of the molecule is O=C1CSc2ccc(NC(=O)c3ccc(Br)cc3)cc2N1. The van der Waals surface area contributed by atoms with Gasteiger partial charge in [-0.3, -0.25) is 9.59 Å². The van der Waals surface area contributed by atoms with Crippen LogP contribution in [0.25, 0.3) is 0 Å². The van der Waals surface area contributed by atoms with E-state index in [9.17, 15) is 9.59 Å². The molecule has 2 aromatic rings. The molecule has 0 saturated carbocycles.